The third kappa shape index (κ3) is 8.34. The number of unbranched alkanes of at least 4 members (excludes halogenated alkanes) is 7. The maximum atomic E-state index is 5.72. The summed E-state index contributed by atoms with van der Waals surface area (Å²) in [7, 11) is 0. The molecule has 2 nitrogen and oxygen atoms in total. The molecule has 0 aliphatic carbocycles. The van der Waals surface area contributed by atoms with E-state index in [4.69, 9.17) is 5.84 Å². The highest BCUT2D eigenvalue weighted by Crippen LogP contribution is 2.26. The predicted octanol–water partition coefficient (Wildman–Crippen LogP) is 6.25. The number of halogens is 2. The van der Waals surface area contributed by atoms with Gasteiger partial charge >= 0.3 is 0 Å². The molecule has 0 bridgehead atoms. The molecule has 0 fully saturated rings. The Hall–Kier alpha value is 0.1000. The largest absolute Gasteiger partial charge is 0.271 e. The quantitative estimate of drug-likeness (QED) is 0.252. The Balaban J connectivity index is 2.25. The van der Waals surface area contributed by atoms with Crippen molar-refractivity contribution >= 4 is 31.9 Å². The van der Waals surface area contributed by atoms with Gasteiger partial charge in [0.2, 0.25) is 0 Å². The van der Waals surface area contributed by atoms with E-state index in [0.717, 1.165) is 15.4 Å². The highest BCUT2D eigenvalue weighted by atomic mass is 79.9. The van der Waals surface area contributed by atoms with Gasteiger partial charge in [0.05, 0.1) is 0 Å². The number of hydrogen-bond acceptors (Lipinski definition) is 2. The van der Waals surface area contributed by atoms with Crippen molar-refractivity contribution in [1.82, 2.24) is 5.43 Å². The summed E-state index contributed by atoms with van der Waals surface area (Å²) in [6, 6.07) is 6.56. The Morgan fingerprint density at radius 1 is 0.905 bits per heavy atom. The number of benzene rings is 1. The molecule has 120 valence electrons. The molecule has 0 aliphatic heterocycles. The molecule has 1 rings (SSSR count). The van der Waals surface area contributed by atoms with Crippen molar-refractivity contribution in [1.29, 1.82) is 0 Å². The summed E-state index contributed by atoms with van der Waals surface area (Å²) >= 11 is 7.07. The molecule has 0 saturated heterocycles. The molecule has 4 heteroatoms. The number of hydrazine groups is 1. The van der Waals surface area contributed by atoms with Crippen LogP contribution >= 0.6 is 31.9 Å². The average Bonchev–Trinajstić information content (AvgIpc) is 2.44. The Bertz CT molecular complexity index is 376. The Kier molecular flexibility index (Phi) is 10.6. The van der Waals surface area contributed by atoms with Crippen LogP contribution in [0.15, 0.2) is 27.1 Å². The highest BCUT2D eigenvalue weighted by Gasteiger charge is 2.10. The topological polar surface area (TPSA) is 38.0 Å². The van der Waals surface area contributed by atoms with E-state index in [1.165, 1.54) is 56.9 Å². The van der Waals surface area contributed by atoms with Crippen LogP contribution < -0.4 is 11.3 Å². The van der Waals surface area contributed by atoms with Crippen molar-refractivity contribution in [3.63, 3.8) is 0 Å². The number of nitrogens with one attached hydrogen (secondary N) is 1. The van der Waals surface area contributed by atoms with Gasteiger partial charge in [0.25, 0.3) is 0 Å². The van der Waals surface area contributed by atoms with E-state index >= 15 is 0 Å². The van der Waals surface area contributed by atoms with Gasteiger partial charge in [0.15, 0.2) is 0 Å². The van der Waals surface area contributed by atoms with Crippen LogP contribution in [-0.4, -0.2) is 0 Å². The van der Waals surface area contributed by atoms with Crippen LogP contribution in [0.3, 0.4) is 0 Å². The first kappa shape index (κ1) is 19.1. The van der Waals surface area contributed by atoms with E-state index in [-0.39, 0.29) is 6.04 Å². The van der Waals surface area contributed by atoms with E-state index in [1.807, 2.05) is 6.07 Å². The van der Waals surface area contributed by atoms with Crippen LogP contribution in [0.5, 0.6) is 0 Å². The molecule has 0 aliphatic rings. The summed E-state index contributed by atoms with van der Waals surface area (Å²) < 4.78 is 2.17. The molecule has 1 unspecified atom stereocenters. The number of hydrogen-bond donors (Lipinski definition) is 2. The van der Waals surface area contributed by atoms with Gasteiger partial charge in [-0.05, 0) is 30.2 Å². The lowest BCUT2D eigenvalue weighted by molar-refractivity contribution is 0.474. The third-order valence-corrected chi connectivity index (χ3v) is 4.75. The monoisotopic (exact) mass is 418 g/mol. The molecule has 0 aromatic heterocycles. The molecule has 1 aromatic rings. The van der Waals surface area contributed by atoms with Crippen molar-refractivity contribution in [2.45, 2.75) is 70.8 Å². The first-order chi connectivity index (χ1) is 10.2. The van der Waals surface area contributed by atoms with Gasteiger partial charge in [0.1, 0.15) is 0 Å². The second-order valence-corrected chi connectivity index (χ2v) is 7.52. The fourth-order valence-electron chi connectivity index (χ4n) is 2.60. The van der Waals surface area contributed by atoms with Gasteiger partial charge in [-0.25, -0.2) is 0 Å². The molecular formula is C17H28Br2N2. The van der Waals surface area contributed by atoms with Gasteiger partial charge in [0, 0.05) is 15.0 Å². The van der Waals surface area contributed by atoms with E-state index < -0.39 is 0 Å². The lowest BCUT2D eigenvalue weighted by Gasteiger charge is -2.17. The fourth-order valence-corrected chi connectivity index (χ4v) is 3.93. The summed E-state index contributed by atoms with van der Waals surface area (Å²) in [4.78, 5) is 0. The van der Waals surface area contributed by atoms with Gasteiger partial charge < -0.3 is 0 Å². The van der Waals surface area contributed by atoms with Crippen molar-refractivity contribution in [3.05, 3.63) is 32.7 Å². The molecule has 1 atom stereocenters. The smallest absolute Gasteiger partial charge is 0.0460 e. The normalized spacial score (nSPS) is 12.6. The molecule has 0 spiro atoms. The molecule has 21 heavy (non-hydrogen) atoms. The summed E-state index contributed by atoms with van der Waals surface area (Å²) in [6.07, 6.45) is 11.9. The molecule has 0 saturated carbocycles. The Morgan fingerprint density at radius 3 is 1.95 bits per heavy atom. The first-order valence-electron chi connectivity index (χ1n) is 8.09. The van der Waals surface area contributed by atoms with Crippen molar-refractivity contribution in [3.8, 4) is 0 Å². The molecule has 0 amide bonds. The van der Waals surface area contributed by atoms with E-state index in [0.29, 0.717) is 0 Å². The molecule has 0 heterocycles. The first-order valence-corrected chi connectivity index (χ1v) is 9.68. The maximum absolute atomic E-state index is 5.72. The lowest BCUT2D eigenvalue weighted by atomic mass is 10.00. The van der Waals surface area contributed by atoms with Crippen LogP contribution in [0.25, 0.3) is 0 Å². The second-order valence-electron chi connectivity index (χ2n) is 5.69. The number of nitrogens with two attached hydrogens (primary N) is 1. The summed E-state index contributed by atoms with van der Waals surface area (Å²) in [6.45, 7) is 2.26. The van der Waals surface area contributed by atoms with Crippen LogP contribution in [-0.2, 0) is 0 Å². The van der Waals surface area contributed by atoms with Gasteiger partial charge in [-0.1, -0.05) is 90.2 Å². The Labute approximate surface area is 146 Å². The Morgan fingerprint density at radius 2 is 1.43 bits per heavy atom. The molecule has 3 N–H and O–H groups in total. The van der Waals surface area contributed by atoms with Gasteiger partial charge in [-0.2, -0.15) is 0 Å². The maximum Gasteiger partial charge on any atom is 0.0460 e. The van der Waals surface area contributed by atoms with E-state index in [1.54, 1.807) is 0 Å². The van der Waals surface area contributed by atoms with Crippen LogP contribution in [0.1, 0.15) is 76.3 Å². The van der Waals surface area contributed by atoms with Crippen LogP contribution in [0, 0.1) is 0 Å². The number of rotatable bonds is 11. The second kappa shape index (κ2) is 11.6. The van der Waals surface area contributed by atoms with Crippen molar-refractivity contribution in [2.24, 2.45) is 5.84 Å². The van der Waals surface area contributed by atoms with Gasteiger partial charge in [-0.15, -0.1) is 0 Å². The molecular weight excluding hydrogens is 392 g/mol. The summed E-state index contributed by atoms with van der Waals surface area (Å²) in [5, 5.41) is 0. The molecule has 1 aromatic carbocycles. The molecule has 0 radical (unpaired) electrons. The lowest BCUT2D eigenvalue weighted by Crippen LogP contribution is -2.28. The predicted molar refractivity (Wildman–Crippen MR) is 99.1 cm³/mol. The SMILES string of the molecule is CCCCCCCCCCC(NN)c1cc(Br)cc(Br)c1. The summed E-state index contributed by atoms with van der Waals surface area (Å²) in [5.74, 6) is 5.72. The minimum atomic E-state index is 0.235. The van der Waals surface area contributed by atoms with Crippen LogP contribution in [0.2, 0.25) is 0 Å². The standard InChI is InChI=1S/C17H28Br2N2/c1-2-3-4-5-6-7-8-9-10-17(21-20)14-11-15(18)13-16(19)12-14/h11-13,17,21H,2-10,20H2,1H3. The summed E-state index contributed by atoms with van der Waals surface area (Å²) in [5.41, 5.74) is 4.19. The zero-order valence-corrected chi connectivity index (χ0v) is 16.2. The average molecular weight is 420 g/mol. The zero-order chi connectivity index (χ0) is 15.5. The minimum absolute atomic E-state index is 0.235. The van der Waals surface area contributed by atoms with E-state index in [9.17, 15) is 0 Å². The van der Waals surface area contributed by atoms with E-state index in [2.05, 4.69) is 56.3 Å². The minimum Gasteiger partial charge on any atom is -0.271 e. The van der Waals surface area contributed by atoms with Crippen molar-refractivity contribution in [2.75, 3.05) is 0 Å². The zero-order valence-electron chi connectivity index (χ0n) is 13.0. The van der Waals surface area contributed by atoms with Crippen molar-refractivity contribution < 1.29 is 0 Å². The highest BCUT2D eigenvalue weighted by molar-refractivity contribution is 9.11. The fraction of sp³-hybridized carbons (Fsp3) is 0.647. The van der Waals surface area contributed by atoms with Gasteiger partial charge in [-0.3, -0.25) is 11.3 Å². The van der Waals surface area contributed by atoms with Crippen LogP contribution in [0.4, 0.5) is 0 Å². The third-order valence-electron chi connectivity index (χ3n) is 3.83.